The van der Waals surface area contributed by atoms with E-state index in [1.807, 2.05) is 0 Å². The van der Waals surface area contributed by atoms with Gasteiger partial charge in [0, 0.05) is 31.7 Å². The first kappa shape index (κ1) is 16.2. The van der Waals surface area contributed by atoms with E-state index in [9.17, 15) is 14.9 Å². The fraction of sp³-hybridized carbons (Fsp3) is 0.125. The molecule has 25 heavy (non-hydrogen) atoms. The Morgan fingerprint density at radius 3 is 2.80 bits per heavy atom. The van der Waals surface area contributed by atoms with E-state index < -0.39 is 4.92 Å². The summed E-state index contributed by atoms with van der Waals surface area (Å²) in [4.78, 5) is 32.6. The number of nitrogens with zero attached hydrogens (tertiary/aromatic N) is 6. The van der Waals surface area contributed by atoms with Gasteiger partial charge in [0.05, 0.1) is 23.4 Å². The number of hydrogen-bond acceptors (Lipinski definition) is 6. The monoisotopic (exact) mass is 338 g/mol. The molecule has 0 spiro atoms. The Bertz CT molecular complexity index is 909. The van der Waals surface area contributed by atoms with Crippen LogP contribution < -0.4 is 0 Å². The lowest BCUT2D eigenvalue weighted by atomic mass is 10.3. The Balaban J connectivity index is 1.82. The number of nitro benzene ring substituents is 1. The summed E-state index contributed by atoms with van der Waals surface area (Å²) in [6.07, 6.45) is 6.21. The molecule has 0 saturated heterocycles. The topological polar surface area (TPSA) is 107 Å². The smallest absolute Gasteiger partial charge is 0.294 e. The summed E-state index contributed by atoms with van der Waals surface area (Å²) < 4.78 is 1.32. The molecule has 0 aliphatic carbocycles. The highest BCUT2D eigenvalue weighted by atomic mass is 16.6. The van der Waals surface area contributed by atoms with Crippen LogP contribution in [0.1, 0.15) is 16.2 Å². The Morgan fingerprint density at radius 2 is 2.08 bits per heavy atom. The average molecular weight is 338 g/mol. The molecule has 3 aromatic rings. The van der Waals surface area contributed by atoms with Gasteiger partial charge < -0.3 is 4.90 Å². The number of hydrogen-bond donors (Lipinski definition) is 0. The normalized spacial score (nSPS) is 10.4. The molecular weight excluding hydrogens is 324 g/mol. The van der Waals surface area contributed by atoms with Crippen LogP contribution in [0, 0.1) is 10.1 Å². The fourth-order valence-corrected chi connectivity index (χ4v) is 2.31. The van der Waals surface area contributed by atoms with Gasteiger partial charge in [0.2, 0.25) is 0 Å². The first-order valence-corrected chi connectivity index (χ1v) is 7.36. The molecule has 1 aromatic carbocycles. The van der Waals surface area contributed by atoms with Crippen molar-refractivity contribution >= 4 is 11.6 Å². The number of aromatic nitrogens is 4. The summed E-state index contributed by atoms with van der Waals surface area (Å²) >= 11 is 0. The Hall–Kier alpha value is -3.62. The second-order valence-electron chi connectivity index (χ2n) is 5.25. The molecule has 9 heteroatoms. The zero-order chi connectivity index (χ0) is 17.8. The zero-order valence-corrected chi connectivity index (χ0v) is 13.3. The fourth-order valence-electron chi connectivity index (χ4n) is 2.31. The van der Waals surface area contributed by atoms with Crippen molar-refractivity contribution in [1.82, 2.24) is 24.6 Å². The first-order chi connectivity index (χ1) is 12.1. The van der Waals surface area contributed by atoms with E-state index in [-0.39, 0.29) is 23.8 Å². The molecule has 0 aliphatic rings. The lowest BCUT2D eigenvalue weighted by molar-refractivity contribution is -0.384. The molecule has 0 unspecified atom stereocenters. The number of para-hydroxylation sites is 2. The van der Waals surface area contributed by atoms with Gasteiger partial charge in [0.1, 0.15) is 5.69 Å². The highest BCUT2D eigenvalue weighted by Gasteiger charge is 2.19. The minimum Gasteiger partial charge on any atom is -0.334 e. The summed E-state index contributed by atoms with van der Waals surface area (Å²) in [5, 5.41) is 15.3. The van der Waals surface area contributed by atoms with Gasteiger partial charge in [-0.1, -0.05) is 12.1 Å². The van der Waals surface area contributed by atoms with Crippen LogP contribution in [0.25, 0.3) is 5.69 Å². The van der Waals surface area contributed by atoms with E-state index in [4.69, 9.17) is 0 Å². The van der Waals surface area contributed by atoms with Crippen LogP contribution in [0.5, 0.6) is 0 Å². The lowest BCUT2D eigenvalue weighted by Gasteiger charge is -2.14. The second-order valence-corrected chi connectivity index (χ2v) is 5.25. The molecule has 126 valence electrons. The minimum atomic E-state index is -0.487. The number of carbonyl (C=O) groups excluding carboxylic acids is 1. The van der Waals surface area contributed by atoms with E-state index in [1.165, 1.54) is 27.9 Å². The van der Waals surface area contributed by atoms with E-state index in [0.717, 1.165) is 0 Å². The Labute approximate surface area is 142 Å². The van der Waals surface area contributed by atoms with E-state index in [0.29, 0.717) is 11.4 Å². The van der Waals surface area contributed by atoms with Crippen LogP contribution in [-0.4, -0.2) is 42.5 Å². The highest BCUT2D eigenvalue weighted by molar-refractivity contribution is 5.92. The third-order valence-corrected chi connectivity index (χ3v) is 3.50. The molecule has 0 radical (unpaired) electrons. The van der Waals surface area contributed by atoms with Crippen molar-refractivity contribution in [3.63, 3.8) is 0 Å². The first-order valence-electron chi connectivity index (χ1n) is 7.36. The van der Waals surface area contributed by atoms with Gasteiger partial charge in [-0.05, 0) is 12.1 Å². The molecule has 2 heterocycles. The summed E-state index contributed by atoms with van der Waals surface area (Å²) in [7, 11) is 1.63. The SMILES string of the molecule is CN(Cc1cnccn1)C(=O)c1ccn(-c2ccccc2[N+](=O)[O-])n1. The quantitative estimate of drug-likeness (QED) is 0.519. The van der Waals surface area contributed by atoms with Crippen molar-refractivity contribution in [3.05, 3.63) is 76.6 Å². The molecule has 0 fully saturated rings. The Kier molecular flexibility index (Phi) is 4.46. The van der Waals surface area contributed by atoms with Crippen LogP contribution in [0.15, 0.2) is 55.1 Å². The molecule has 0 atom stereocenters. The largest absolute Gasteiger partial charge is 0.334 e. The molecule has 0 aliphatic heterocycles. The van der Waals surface area contributed by atoms with Crippen LogP contribution in [0.4, 0.5) is 5.69 Å². The molecular formula is C16H14N6O3. The van der Waals surface area contributed by atoms with E-state index in [2.05, 4.69) is 15.1 Å². The van der Waals surface area contributed by atoms with Gasteiger partial charge in [-0.2, -0.15) is 5.10 Å². The van der Waals surface area contributed by atoms with Crippen LogP contribution in [-0.2, 0) is 6.54 Å². The molecule has 0 N–H and O–H groups in total. The maximum atomic E-state index is 12.5. The van der Waals surface area contributed by atoms with Gasteiger partial charge in [-0.15, -0.1) is 0 Å². The van der Waals surface area contributed by atoms with Gasteiger partial charge >= 0.3 is 0 Å². The van der Waals surface area contributed by atoms with Crippen molar-refractivity contribution < 1.29 is 9.72 Å². The minimum absolute atomic E-state index is 0.0856. The van der Waals surface area contributed by atoms with Gasteiger partial charge in [0.25, 0.3) is 11.6 Å². The molecule has 0 bridgehead atoms. The molecule has 3 rings (SSSR count). The number of nitro groups is 1. The van der Waals surface area contributed by atoms with Gasteiger partial charge in [-0.3, -0.25) is 24.9 Å². The maximum absolute atomic E-state index is 12.5. The summed E-state index contributed by atoms with van der Waals surface area (Å²) in [6.45, 7) is 0.283. The standard InChI is InChI=1S/C16H14N6O3/c1-20(11-12-10-17-7-8-18-12)16(23)13-6-9-21(19-13)14-4-2-3-5-15(14)22(24)25/h2-10H,11H2,1H3. The molecule has 2 aromatic heterocycles. The Morgan fingerprint density at radius 1 is 1.28 bits per heavy atom. The van der Waals surface area contributed by atoms with Crippen molar-refractivity contribution in [2.24, 2.45) is 0 Å². The number of benzene rings is 1. The van der Waals surface area contributed by atoms with Crippen molar-refractivity contribution in [2.45, 2.75) is 6.54 Å². The van der Waals surface area contributed by atoms with E-state index >= 15 is 0 Å². The summed E-state index contributed by atoms with van der Waals surface area (Å²) in [5.41, 5.74) is 1.04. The van der Waals surface area contributed by atoms with Crippen molar-refractivity contribution in [2.75, 3.05) is 7.05 Å². The average Bonchev–Trinajstić information content (AvgIpc) is 3.11. The number of rotatable bonds is 5. The molecule has 0 saturated carbocycles. The van der Waals surface area contributed by atoms with Crippen LogP contribution in [0.2, 0.25) is 0 Å². The summed E-state index contributed by atoms with van der Waals surface area (Å²) in [6, 6.07) is 7.73. The van der Waals surface area contributed by atoms with Crippen molar-refractivity contribution in [3.8, 4) is 5.69 Å². The molecule has 1 amide bonds. The lowest BCUT2D eigenvalue weighted by Crippen LogP contribution is -2.27. The third-order valence-electron chi connectivity index (χ3n) is 3.50. The summed E-state index contributed by atoms with van der Waals surface area (Å²) in [5.74, 6) is -0.317. The predicted octanol–water partition coefficient (Wildman–Crippen LogP) is 1.84. The van der Waals surface area contributed by atoms with Gasteiger partial charge in [-0.25, -0.2) is 4.68 Å². The van der Waals surface area contributed by atoms with Gasteiger partial charge in [0.15, 0.2) is 5.69 Å². The second kappa shape index (κ2) is 6.87. The third kappa shape index (κ3) is 3.50. The number of amides is 1. The highest BCUT2D eigenvalue weighted by Crippen LogP contribution is 2.21. The van der Waals surface area contributed by atoms with E-state index in [1.54, 1.807) is 43.8 Å². The molecule has 9 nitrogen and oxygen atoms in total. The van der Waals surface area contributed by atoms with Crippen LogP contribution in [0.3, 0.4) is 0 Å². The predicted molar refractivity (Wildman–Crippen MR) is 88.0 cm³/mol. The van der Waals surface area contributed by atoms with Crippen molar-refractivity contribution in [1.29, 1.82) is 0 Å². The maximum Gasteiger partial charge on any atom is 0.294 e. The zero-order valence-electron chi connectivity index (χ0n) is 13.3. The van der Waals surface area contributed by atoms with Crippen LogP contribution >= 0.6 is 0 Å². The number of carbonyl (C=O) groups is 1.